The predicted octanol–water partition coefficient (Wildman–Crippen LogP) is 1.57. The van der Waals surface area contributed by atoms with Gasteiger partial charge in [0.1, 0.15) is 0 Å². The molecule has 1 amide bonds. The second-order valence-corrected chi connectivity index (χ2v) is 4.98. The molecule has 3 N–H and O–H groups in total. The number of rotatable bonds is 7. The number of carbonyl (C=O) groups is 1. The molecule has 0 fully saturated rings. The van der Waals surface area contributed by atoms with Crippen LogP contribution in [0.3, 0.4) is 0 Å². The Balaban J connectivity index is 2.36. The van der Waals surface area contributed by atoms with Crippen molar-refractivity contribution < 1.29 is 4.79 Å². The number of nitrogens with one attached hydrogen (secondary N) is 3. The van der Waals surface area contributed by atoms with Crippen molar-refractivity contribution in [2.45, 2.75) is 20.3 Å². The van der Waals surface area contributed by atoms with Gasteiger partial charge >= 0.3 is 0 Å². The Morgan fingerprint density at radius 1 is 1.14 bits per heavy atom. The topological polar surface area (TPSA) is 65.5 Å². The number of amides is 1. The molecule has 0 bridgehead atoms. The van der Waals surface area contributed by atoms with E-state index in [-0.39, 0.29) is 5.91 Å². The zero-order valence-corrected chi connectivity index (χ0v) is 13.3. The van der Waals surface area contributed by atoms with Gasteiger partial charge in [-0.3, -0.25) is 9.79 Å². The van der Waals surface area contributed by atoms with Crippen molar-refractivity contribution in [3.05, 3.63) is 34.9 Å². The minimum Gasteiger partial charge on any atom is -0.357 e. The second-order valence-electron chi connectivity index (χ2n) is 4.55. The Hall–Kier alpha value is -1.75. The highest BCUT2D eigenvalue weighted by molar-refractivity contribution is 6.30. The minimum atomic E-state index is -0.0264. The smallest absolute Gasteiger partial charge is 0.216 e. The van der Waals surface area contributed by atoms with Gasteiger partial charge in [0.05, 0.1) is 0 Å². The molecule has 21 heavy (non-hydrogen) atoms. The molecule has 0 heterocycles. The van der Waals surface area contributed by atoms with E-state index in [0.29, 0.717) is 19.6 Å². The molecule has 5 nitrogen and oxygen atoms in total. The average Bonchev–Trinajstić information content (AvgIpc) is 2.45. The summed E-state index contributed by atoms with van der Waals surface area (Å²) < 4.78 is 0. The molecule has 0 atom stereocenters. The summed E-state index contributed by atoms with van der Waals surface area (Å²) in [6.07, 6.45) is 0.861. The summed E-state index contributed by atoms with van der Waals surface area (Å²) in [4.78, 5) is 15.3. The molecule has 0 radical (unpaired) electrons. The van der Waals surface area contributed by atoms with E-state index in [9.17, 15) is 4.79 Å². The number of guanidine groups is 1. The van der Waals surface area contributed by atoms with Gasteiger partial charge in [-0.2, -0.15) is 0 Å². The van der Waals surface area contributed by atoms with Crippen LogP contribution in [0, 0.1) is 0 Å². The van der Waals surface area contributed by atoms with Gasteiger partial charge in [0.15, 0.2) is 5.96 Å². The maximum absolute atomic E-state index is 10.8. The van der Waals surface area contributed by atoms with Gasteiger partial charge in [-0.1, -0.05) is 23.7 Å². The first-order valence-electron chi connectivity index (χ1n) is 7.13. The molecule has 0 aliphatic rings. The third-order valence-electron chi connectivity index (χ3n) is 2.72. The second kappa shape index (κ2) is 10.0. The third-order valence-corrected chi connectivity index (χ3v) is 2.97. The highest BCUT2D eigenvalue weighted by Gasteiger charge is 1.98. The van der Waals surface area contributed by atoms with E-state index in [1.807, 2.05) is 31.2 Å². The largest absolute Gasteiger partial charge is 0.357 e. The Labute approximate surface area is 131 Å². The highest BCUT2D eigenvalue weighted by atomic mass is 35.5. The Morgan fingerprint density at radius 3 is 2.43 bits per heavy atom. The van der Waals surface area contributed by atoms with Crippen molar-refractivity contribution in [1.29, 1.82) is 0 Å². The zero-order chi connectivity index (χ0) is 15.5. The van der Waals surface area contributed by atoms with Crippen molar-refractivity contribution in [3.63, 3.8) is 0 Å². The van der Waals surface area contributed by atoms with Crippen LogP contribution in [0.15, 0.2) is 29.3 Å². The number of halogens is 1. The molecular weight excluding hydrogens is 288 g/mol. The fraction of sp³-hybridized carbons (Fsp3) is 0.467. The summed E-state index contributed by atoms with van der Waals surface area (Å²) in [7, 11) is 0. The van der Waals surface area contributed by atoms with Crippen LogP contribution in [0.5, 0.6) is 0 Å². The van der Waals surface area contributed by atoms with Gasteiger partial charge in [-0.05, 0) is 31.0 Å². The Kier molecular flexibility index (Phi) is 8.28. The van der Waals surface area contributed by atoms with Crippen LogP contribution in [-0.4, -0.2) is 38.0 Å². The lowest BCUT2D eigenvalue weighted by atomic mass is 10.1. The predicted molar refractivity (Wildman–Crippen MR) is 87.8 cm³/mol. The fourth-order valence-electron chi connectivity index (χ4n) is 1.71. The summed E-state index contributed by atoms with van der Waals surface area (Å²) >= 11 is 5.85. The van der Waals surface area contributed by atoms with Crippen LogP contribution in [-0.2, 0) is 11.2 Å². The molecule has 0 unspecified atom stereocenters. The van der Waals surface area contributed by atoms with Crippen LogP contribution in [0.25, 0.3) is 0 Å². The first-order chi connectivity index (χ1) is 10.1. The fourth-order valence-corrected chi connectivity index (χ4v) is 1.84. The van der Waals surface area contributed by atoms with Gasteiger partial charge in [-0.15, -0.1) is 0 Å². The van der Waals surface area contributed by atoms with E-state index in [1.54, 1.807) is 0 Å². The SMILES string of the molecule is CCNC(=NCCc1ccc(Cl)cc1)NCCNC(C)=O. The van der Waals surface area contributed by atoms with E-state index in [0.717, 1.165) is 23.9 Å². The number of benzene rings is 1. The number of hydrogen-bond acceptors (Lipinski definition) is 2. The average molecular weight is 311 g/mol. The molecule has 1 rings (SSSR count). The first kappa shape index (κ1) is 17.3. The van der Waals surface area contributed by atoms with E-state index >= 15 is 0 Å². The molecule has 6 heteroatoms. The standard InChI is InChI=1S/C15H23ClN4O/c1-3-17-15(20-11-10-18-12(2)21)19-9-8-13-4-6-14(16)7-5-13/h4-7H,3,8-11H2,1-2H3,(H,18,21)(H2,17,19,20). The third kappa shape index (κ3) is 8.19. The van der Waals surface area contributed by atoms with Crippen LogP contribution in [0.2, 0.25) is 5.02 Å². The van der Waals surface area contributed by atoms with E-state index in [4.69, 9.17) is 11.6 Å². The van der Waals surface area contributed by atoms with Crippen molar-refractivity contribution in [1.82, 2.24) is 16.0 Å². The van der Waals surface area contributed by atoms with E-state index in [2.05, 4.69) is 20.9 Å². The van der Waals surface area contributed by atoms with Gasteiger partial charge in [0, 0.05) is 38.1 Å². The molecule has 0 aliphatic heterocycles. The van der Waals surface area contributed by atoms with Crippen molar-refractivity contribution >= 4 is 23.5 Å². The van der Waals surface area contributed by atoms with Crippen LogP contribution < -0.4 is 16.0 Å². The maximum atomic E-state index is 10.8. The van der Waals surface area contributed by atoms with Crippen LogP contribution in [0.4, 0.5) is 0 Å². The van der Waals surface area contributed by atoms with E-state index in [1.165, 1.54) is 12.5 Å². The number of nitrogens with zero attached hydrogens (tertiary/aromatic N) is 1. The van der Waals surface area contributed by atoms with Crippen molar-refractivity contribution in [2.24, 2.45) is 4.99 Å². The van der Waals surface area contributed by atoms with Gasteiger partial charge in [0.25, 0.3) is 0 Å². The van der Waals surface area contributed by atoms with Crippen LogP contribution in [0.1, 0.15) is 19.4 Å². The summed E-state index contributed by atoms with van der Waals surface area (Å²) in [5.74, 6) is 0.735. The molecule has 0 spiro atoms. The normalized spacial score (nSPS) is 11.1. The number of aliphatic imine (C=N–C) groups is 1. The summed E-state index contributed by atoms with van der Waals surface area (Å²) in [5.41, 5.74) is 1.21. The van der Waals surface area contributed by atoms with Gasteiger partial charge in [-0.25, -0.2) is 0 Å². The molecule has 0 saturated heterocycles. The minimum absolute atomic E-state index is 0.0264. The van der Waals surface area contributed by atoms with Crippen molar-refractivity contribution in [2.75, 3.05) is 26.2 Å². The molecule has 0 aliphatic carbocycles. The molecular formula is C15H23ClN4O. The number of carbonyl (C=O) groups excluding carboxylic acids is 1. The molecule has 0 saturated carbocycles. The molecule has 116 valence electrons. The van der Waals surface area contributed by atoms with Gasteiger partial charge in [0.2, 0.25) is 5.91 Å². The lowest BCUT2D eigenvalue weighted by Crippen LogP contribution is -2.41. The maximum Gasteiger partial charge on any atom is 0.216 e. The highest BCUT2D eigenvalue weighted by Crippen LogP contribution is 2.09. The Bertz CT molecular complexity index is 459. The van der Waals surface area contributed by atoms with Crippen LogP contribution >= 0.6 is 11.6 Å². The van der Waals surface area contributed by atoms with Crippen molar-refractivity contribution in [3.8, 4) is 0 Å². The molecule has 0 aromatic heterocycles. The zero-order valence-electron chi connectivity index (χ0n) is 12.6. The lowest BCUT2D eigenvalue weighted by Gasteiger charge is -2.11. The Morgan fingerprint density at radius 2 is 1.81 bits per heavy atom. The van der Waals surface area contributed by atoms with Gasteiger partial charge < -0.3 is 16.0 Å². The first-order valence-corrected chi connectivity index (χ1v) is 7.50. The lowest BCUT2D eigenvalue weighted by molar-refractivity contribution is -0.118. The monoisotopic (exact) mass is 310 g/mol. The van der Waals surface area contributed by atoms with E-state index < -0.39 is 0 Å². The molecule has 1 aromatic carbocycles. The number of hydrogen-bond donors (Lipinski definition) is 3. The quantitative estimate of drug-likeness (QED) is 0.407. The summed E-state index contributed by atoms with van der Waals surface area (Å²) in [5, 5.41) is 9.82. The molecule has 1 aromatic rings. The summed E-state index contributed by atoms with van der Waals surface area (Å²) in [6.45, 7) is 6.24. The summed E-state index contributed by atoms with van der Waals surface area (Å²) in [6, 6.07) is 7.79.